The van der Waals surface area contributed by atoms with E-state index >= 15 is 0 Å². The summed E-state index contributed by atoms with van der Waals surface area (Å²) in [6, 6.07) is 17.2. The molecular formula is C25H27ClN4O5. The highest BCUT2D eigenvalue weighted by molar-refractivity contribution is 6.30. The number of amides is 2. The van der Waals surface area contributed by atoms with Crippen LogP contribution in [0.2, 0.25) is 5.02 Å². The van der Waals surface area contributed by atoms with Gasteiger partial charge in [0.25, 0.3) is 5.91 Å². The lowest BCUT2D eigenvalue weighted by Gasteiger charge is -2.23. The van der Waals surface area contributed by atoms with E-state index in [9.17, 15) is 9.59 Å². The minimum atomic E-state index is -0.444. The first-order valence-corrected chi connectivity index (χ1v) is 11.0. The molecular weight excluding hydrogens is 472 g/mol. The van der Waals surface area contributed by atoms with E-state index in [-0.39, 0.29) is 18.4 Å². The van der Waals surface area contributed by atoms with Crippen LogP contribution in [0.5, 0.6) is 17.2 Å². The molecule has 0 aliphatic carbocycles. The number of anilines is 1. The molecule has 0 heterocycles. The number of nitrogens with one attached hydrogen (secondary N) is 3. The highest BCUT2D eigenvalue weighted by Crippen LogP contribution is 2.38. The second kappa shape index (κ2) is 12.1. The number of halogens is 1. The third-order valence-electron chi connectivity index (χ3n) is 5.28. The Labute approximate surface area is 208 Å². The van der Waals surface area contributed by atoms with Crippen LogP contribution < -0.4 is 36.1 Å². The lowest BCUT2D eigenvalue weighted by atomic mass is 9.96. The van der Waals surface area contributed by atoms with Gasteiger partial charge in [-0.05, 0) is 41.5 Å². The van der Waals surface area contributed by atoms with Crippen molar-refractivity contribution < 1.29 is 23.8 Å². The smallest absolute Gasteiger partial charge is 0.255 e. The van der Waals surface area contributed by atoms with Gasteiger partial charge in [0.1, 0.15) is 0 Å². The maximum absolute atomic E-state index is 13.2. The number of hydrogen-bond donors (Lipinski definition) is 4. The van der Waals surface area contributed by atoms with E-state index in [1.807, 2.05) is 24.3 Å². The van der Waals surface area contributed by atoms with Crippen LogP contribution in [0.15, 0.2) is 60.7 Å². The Morgan fingerprint density at radius 2 is 1.57 bits per heavy atom. The van der Waals surface area contributed by atoms with E-state index in [4.69, 9.17) is 31.7 Å². The lowest BCUT2D eigenvalue weighted by molar-refractivity contribution is -0.120. The van der Waals surface area contributed by atoms with Gasteiger partial charge in [0, 0.05) is 16.3 Å². The quantitative estimate of drug-likeness (QED) is 0.192. The highest BCUT2D eigenvalue weighted by atomic mass is 35.5. The molecule has 2 amide bonds. The summed E-state index contributed by atoms with van der Waals surface area (Å²) in [5.74, 6) is 5.58. The molecule has 0 aromatic heterocycles. The van der Waals surface area contributed by atoms with E-state index in [2.05, 4.69) is 16.1 Å². The molecule has 0 bridgehead atoms. The molecule has 0 radical (unpaired) electrons. The normalized spacial score (nSPS) is 11.3. The predicted molar refractivity (Wildman–Crippen MR) is 134 cm³/mol. The number of para-hydroxylation sites is 1. The number of methoxy groups -OCH3 is 3. The average molecular weight is 499 g/mol. The van der Waals surface area contributed by atoms with Gasteiger partial charge < -0.3 is 19.5 Å². The van der Waals surface area contributed by atoms with Gasteiger partial charge in [0.15, 0.2) is 11.5 Å². The molecule has 5 N–H and O–H groups in total. The zero-order valence-corrected chi connectivity index (χ0v) is 20.3. The zero-order valence-electron chi connectivity index (χ0n) is 19.6. The summed E-state index contributed by atoms with van der Waals surface area (Å²) in [5.41, 5.74) is 4.54. The first-order chi connectivity index (χ1) is 16.9. The zero-order chi connectivity index (χ0) is 25.4. The van der Waals surface area contributed by atoms with Crippen LogP contribution in [0, 0.1) is 0 Å². The molecule has 1 atom stereocenters. The number of carbonyl (C=O) groups excluding carboxylic acids is 2. The van der Waals surface area contributed by atoms with Crippen LogP contribution in [0.1, 0.15) is 27.5 Å². The van der Waals surface area contributed by atoms with E-state index in [0.717, 1.165) is 11.1 Å². The maximum Gasteiger partial charge on any atom is 0.255 e. The Balaban J connectivity index is 1.98. The molecule has 3 aromatic carbocycles. The SMILES string of the molecule is COc1cc(C(=O)Nc2ccccc2C(NCC(=O)NN)c2ccc(Cl)cc2)cc(OC)c1OC. The molecule has 0 saturated heterocycles. The van der Waals surface area contributed by atoms with E-state index < -0.39 is 6.04 Å². The Morgan fingerprint density at radius 3 is 2.14 bits per heavy atom. The molecule has 0 aliphatic heterocycles. The summed E-state index contributed by atoms with van der Waals surface area (Å²) in [7, 11) is 4.45. The number of hydrazine groups is 1. The van der Waals surface area contributed by atoms with Crippen molar-refractivity contribution in [2.75, 3.05) is 33.2 Å². The van der Waals surface area contributed by atoms with Crippen LogP contribution in [-0.4, -0.2) is 39.7 Å². The van der Waals surface area contributed by atoms with Crippen molar-refractivity contribution >= 4 is 29.1 Å². The summed E-state index contributed by atoms with van der Waals surface area (Å²) in [6.45, 7) is -0.0427. The van der Waals surface area contributed by atoms with Crippen molar-refractivity contribution in [1.29, 1.82) is 0 Å². The van der Waals surface area contributed by atoms with Gasteiger partial charge in [-0.25, -0.2) is 5.84 Å². The van der Waals surface area contributed by atoms with Crippen molar-refractivity contribution in [2.24, 2.45) is 5.84 Å². The fourth-order valence-electron chi connectivity index (χ4n) is 3.58. The Morgan fingerprint density at radius 1 is 0.943 bits per heavy atom. The summed E-state index contributed by atoms with van der Waals surface area (Å²) in [4.78, 5) is 25.1. The summed E-state index contributed by atoms with van der Waals surface area (Å²) in [5, 5.41) is 6.71. The standard InChI is InChI=1S/C25H27ClN4O5/c1-33-20-12-16(13-21(34-2)24(20)35-3)25(32)29-19-7-5-4-6-18(19)23(28-14-22(31)30-27)15-8-10-17(26)11-9-15/h4-13,23,28H,14,27H2,1-3H3,(H,29,32)(H,30,31). The number of ether oxygens (including phenoxy) is 3. The second-order valence-electron chi connectivity index (χ2n) is 7.39. The lowest BCUT2D eigenvalue weighted by Crippen LogP contribution is -2.39. The van der Waals surface area contributed by atoms with E-state index in [0.29, 0.717) is 33.5 Å². The average Bonchev–Trinajstić information content (AvgIpc) is 2.89. The van der Waals surface area contributed by atoms with Crippen LogP contribution in [0.3, 0.4) is 0 Å². The van der Waals surface area contributed by atoms with Gasteiger partial charge in [0.05, 0.1) is 33.9 Å². The third kappa shape index (κ3) is 6.21. The fraction of sp³-hybridized carbons (Fsp3) is 0.200. The summed E-state index contributed by atoms with van der Waals surface area (Å²) < 4.78 is 16.1. The second-order valence-corrected chi connectivity index (χ2v) is 7.82. The molecule has 0 aliphatic rings. The number of hydrogen-bond acceptors (Lipinski definition) is 7. The van der Waals surface area contributed by atoms with Gasteiger partial charge in [-0.3, -0.25) is 20.3 Å². The number of rotatable bonds is 10. The van der Waals surface area contributed by atoms with Crippen LogP contribution in [0.25, 0.3) is 0 Å². The number of nitrogens with two attached hydrogens (primary N) is 1. The molecule has 184 valence electrons. The highest BCUT2D eigenvalue weighted by Gasteiger charge is 2.21. The largest absolute Gasteiger partial charge is 0.493 e. The summed E-state index contributed by atoms with van der Waals surface area (Å²) in [6.07, 6.45) is 0. The predicted octanol–water partition coefficient (Wildman–Crippen LogP) is 3.29. The third-order valence-corrected chi connectivity index (χ3v) is 5.53. The maximum atomic E-state index is 13.2. The van der Waals surface area contributed by atoms with Crippen molar-refractivity contribution in [2.45, 2.75) is 6.04 Å². The summed E-state index contributed by atoms with van der Waals surface area (Å²) >= 11 is 6.06. The molecule has 0 spiro atoms. The van der Waals surface area contributed by atoms with E-state index in [1.54, 1.807) is 36.4 Å². The van der Waals surface area contributed by atoms with Gasteiger partial charge in [-0.2, -0.15) is 0 Å². The first-order valence-electron chi connectivity index (χ1n) is 10.6. The molecule has 0 fully saturated rings. The van der Waals surface area contributed by atoms with Crippen molar-refractivity contribution in [3.8, 4) is 17.2 Å². The molecule has 10 heteroatoms. The van der Waals surface area contributed by atoms with Gasteiger partial charge in [0.2, 0.25) is 11.7 Å². The minimum Gasteiger partial charge on any atom is -0.493 e. The van der Waals surface area contributed by atoms with Crippen molar-refractivity contribution in [1.82, 2.24) is 10.7 Å². The van der Waals surface area contributed by atoms with Gasteiger partial charge in [-0.15, -0.1) is 0 Å². The Kier molecular flexibility index (Phi) is 8.91. The van der Waals surface area contributed by atoms with E-state index in [1.165, 1.54) is 21.3 Å². The topological polar surface area (TPSA) is 124 Å². The molecule has 1 unspecified atom stereocenters. The van der Waals surface area contributed by atoms with Crippen LogP contribution in [0.4, 0.5) is 5.69 Å². The molecule has 0 saturated carbocycles. The number of benzene rings is 3. The van der Waals surface area contributed by atoms with Crippen LogP contribution >= 0.6 is 11.6 Å². The van der Waals surface area contributed by atoms with Gasteiger partial charge in [-0.1, -0.05) is 41.9 Å². The minimum absolute atomic E-state index is 0.0427. The first kappa shape index (κ1) is 25.8. The Hall–Kier alpha value is -3.79. The molecule has 3 aromatic rings. The fourth-order valence-corrected chi connectivity index (χ4v) is 3.70. The molecule has 9 nitrogen and oxygen atoms in total. The molecule has 35 heavy (non-hydrogen) atoms. The van der Waals surface area contributed by atoms with Crippen LogP contribution in [-0.2, 0) is 4.79 Å². The number of carbonyl (C=O) groups is 2. The van der Waals surface area contributed by atoms with Crippen molar-refractivity contribution in [3.05, 3.63) is 82.4 Å². The Bertz CT molecular complexity index is 1160. The van der Waals surface area contributed by atoms with Crippen molar-refractivity contribution in [3.63, 3.8) is 0 Å². The molecule has 3 rings (SSSR count). The van der Waals surface area contributed by atoms with Gasteiger partial charge >= 0.3 is 0 Å². The monoisotopic (exact) mass is 498 g/mol.